The summed E-state index contributed by atoms with van der Waals surface area (Å²) < 4.78 is 5.89. The van der Waals surface area contributed by atoms with Crippen molar-refractivity contribution < 1.29 is 9.53 Å². The third-order valence-corrected chi connectivity index (χ3v) is 4.64. The predicted molar refractivity (Wildman–Crippen MR) is 112 cm³/mol. The van der Waals surface area contributed by atoms with Gasteiger partial charge in [-0.25, -0.2) is 0 Å². The first kappa shape index (κ1) is 18.1. The molecule has 1 aliphatic carbocycles. The third-order valence-electron chi connectivity index (χ3n) is 4.64. The van der Waals surface area contributed by atoms with Crippen molar-refractivity contribution in [2.24, 2.45) is 0 Å². The second kappa shape index (κ2) is 8.61. The van der Waals surface area contributed by atoms with Gasteiger partial charge in [0.05, 0.1) is 6.42 Å². The average Bonchev–Trinajstić information content (AvgIpc) is 3.52. The Hall–Kier alpha value is -3.27. The number of nitrogens with one attached hydrogen (secondary N) is 2. The molecule has 1 fully saturated rings. The molecule has 1 saturated carbocycles. The third kappa shape index (κ3) is 5.36. The first-order valence-electron chi connectivity index (χ1n) is 9.69. The molecule has 28 heavy (non-hydrogen) atoms. The molecule has 0 radical (unpaired) electrons. The van der Waals surface area contributed by atoms with Crippen LogP contribution in [0, 0.1) is 0 Å². The first-order chi connectivity index (χ1) is 13.7. The van der Waals surface area contributed by atoms with Crippen molar-refractivity contribution in [3.8, 4) is 11.5 Å². The van der Waals surface area contributed by atoms with Crippen molar-refractivity contribution in [2.45, 2.75) is 31.8 Å². The zero-order valence-electron chi connectivity index (χ0n) is 15.7. The van der Waals surface area contributed by atoms with E-state index < -0.39 is 0 Å². The van der Waals surface area contributed by atoms with Crippen molar-refractivity contribution in [1.29, 1.82) is 0 Å². The maximum Gasteiger partial charge on any atom is 0.224 e. The Kier molecular flexibility index (Phi) is 5.57. The van der Waals surface area contributed by atoms with Crippen molar-refractivity contribution in [2.75, 3.05) is 5.32 Å². The van der Waals surface area contributed by atoms with Crippen molar-refractivity contribution in [1.82, 2.24) is 5.32 Å². The van der Waals surface area contributed by atoms with Gasteiger partial charge in [-0.2, -0.15) is 0 Å². The summed E-state index contributed by atoms with van der Waals surface area (Å²) in [7, 11) is 0. The summed E-state index contributed by atoms with van der Waals surface area (Å²) in [5.41, 5.74) is 3.20. The van der Waals surface area contributed by atoms with Gasteiger partial charge in [-0.1, -0.05) is 42.5 Å². The number of benzene rings is 3. The number of para-hydroxylation sites is 1. The van der Waals surface area contributed by atoms with Gasteiger partial charge in [0, 0.05) is 18.3 Å². The standard InChI is InChI=1S/C24H24N2O2/c27-24(26-21-13-14-21)16-18-9-11-20(12-10-18)25-17-19-5-4-8-23(15-19)28-22-6-2-1-3-7-22/h1-12,15,21,25H,13-14,16-17H2,(H,26,27). The van der Waals surface area contributed by atoms with E-state index in [4.69, 9.17) is 4.74 Å². The molecule has 3 aromatic rings. The molecule has 0 atom stereocenters. The topological polar surface area (TPSA) is 50.4 Å². The molecule has 4 rings (SSSR count). The van der Waals surface area contributed by atoms with Crippen LogP contribution >= 0.6 is 0 Å². The normalized spacial score (nSPS) is 13.0. The van der Waals surface area contributed by atoms with Gasteiger partial charge >= 0.3 is 0 Å². The predicted octanol–water partition coefficient (Wildman–Crippen LogP) is 4.91. The smallest absolute Gasteiger partial charge is 0.224 e. The van der Waals surface area contributed by atoms with Crippen LogP contribution in [0.25, 0.3) is 0 Å². The van der Waals surface area contributed by atoms with Crippen LogP contribution in [0.4, 0.5) is 5.69 Å². The largest absolute Gasteiger partial charge is 0.457 e. The molecule has 0 heterocycles. The Labute approximate surface area is 165 Å². The van der Waals surface area contributed by atoms with Gasteiger partial charge in [-0.3, -0.25) is 4.79 Å². The van der Waals surface area contributed by atoms with Crippen LogP contribution < -0.4 is 15.4 Å². The lowest BCUT2D eigenvalue weighted by Gasteiger charge is -2.10. The van der Waals surface area contributed by atoms with Gasteiger partial charge in [0.1, 0.15) is 11.5 Å². The van der Waals surface area contributed by atoms with E-state index in [9.17, 15) is 4.79 Å². The quantitative estimate of drug-likeness (QED) is 0.590. The van der Waals surface area contributed by atoms with E-state index in [0.717, 1.165) is 41.2 Å². The lowest BCUT2D eigenvalue weighted by molar-refractivity contribution is -0.120. The van der Waals surface area contributed by atoms with E-state index in [-0.39, 0.29) is 5.91 Å². The van der Waals surface area contributed by atoms with Gasteiger partial charge in [0.2, 0.25) is 5.91 Å². The second-order valence-corrected chi connectivity index (χ2v) is 7.13. The van der Waals surface area contributed by atoms with E-state index in [2.05, 4.69) is 16.7 Å². The molecule has 1 amide bonds. The molecule has 0 unspecified atom stereocenters. The van der Waals surface area contributed by atoms with Gasteiger partial charge in [0.15, 0.2) is 0 Å². The molecule has 0 aromatic heterocycles. The maximum absolute atomic E-state index is 11.9. The molecule has 0 saturated heterocycles. The molecule has 1 aliphatic rings. The van der Waals surface area contributed by atoms with Crippen molar-refractivity contribution in [3.63, 3.8) is 0 Å². The zero-order chi connectivity index (χ0) is 19.2. The summed E-state index contributed by atoms with van der Waals surface area (Å²) in [6, 6.07) is 26.3. The number of hydrogen-bond acceptors (Lipinski definition) is 3. The fourth-order valence-corrected chi connectivity index (χ4v) is 2.98. The second-order valence-electron chi connectivity index (χ2n) is 7.13. The van der Waals surface area contributed by atoms with Gasteiger partial charge < -0.3 is 15.4 Å². The van der Waals surface area contributed by atoms with Crippen LogP contribution in [-0.4, -0.2) is 11.9 Å². The molecular weight excluding hydrogens is 348 g/mol. The number of carbonyl (C=O) groups excluding carboxylic acids is 1. The van der Waals surface area contributed by atoms with Gasteiger partial charge in [0.25, 0.3) is 0 Å². The molecule has 4 nitrogen and oxygen atoms in total. The fraction of sp³-hybridized carbons (Fsp3) is 0.208. The average molecular weight is 372 g/mol. The molecule has 2 N–H and O–H groups in total. The lowest BCUT2D eigenvalue weighted by atomic mass is 10.1. The van der Waals surface area contributed by atoms with Crippen LogP contribution in [0.2, 0.25) is 0 Å². The van der Waals surface area contributed by atoms with Crippen LogP contribution in [0.1, 0.15) is 24.0 Å². The minimum absolute atomic E-state index is 0.110. The summed E-state index contributed by atoms with van der Waals surface area (Å²) in [5, 5.41) is 6.44. The SMILES string of the molecule is O=C(Cc1ccc(NCc2cccc(Oc3ccccc3)c2)cc1)NC1CC1. The highest BCUT2D eigenvalue weighted by atomic mass is 16.5. The molecule has 3 aromatic carbocycles. The molecule has 0 bridgehead atoms. The summed E-state index contributed by atoms with van der Waals surface area (Å²) in [5.74, 6) is 1.76. The Balaban J connectivity index is 1.30. The van der Waals surface area contributed by atoms with Gasteiger partial charge in [-0.05, 0) is 60.4 Å². The van der Waals surface area contributed by atoms with E-state index in [1.807, 2.05) is 72.8 Å². The molecule has 0 aliphatic heterocycles. The number of rotatable bonds is 8. The number of ether oxygens (including phenoxy) is 1. The summed E-state index contributed by atoms with van der Waals surface area (Å²) in [4.78, 5) is 11.9. The van der Waals surface area contributed by atoms with Gasteiger partial charge in [-0.15, -0.1) is 0 Å². The van der Waals surface area contributed by atoms with E-state index >= 15 is 0 Å². The minimum atomic E-state index is 0.110. The molecule has 0 spiro atoms. The van der Waals surface area contributed by atoms with Crippen LogP contribution in [0.3, 0.4) is 0 Å². The molecular formula is C24H24N2O2. The fourth-order valence-electron chi connectivity index (χ4n) is 2.98. The number of amides is 1. The Morgan fingerprint density at radius 1 is 0.857 bits per heavy atom. The maximum atomic E-state index is 11.9. The van der Waals surface area contributed by atoms with E-state index in [1.54, 1.807) is 0 Å². The lowest BCUT2D eigenvalue weighted by Crippen LogP contribution is -2.26. The monoisotopic (exact) mass is 372 g/mol. The highest BCUT2D eigenvalue weighted by Crippen LogP contribution is 2.22. The Bertz CT molecular complexity index is 919. The van der Waals surface area contributed by atoms with E-state index in [0.29, 0.717) is 19.0 Å². The number of anilines is 1. The summed E-state index contributed by atoms with van der Waals surface area (Å²) in [6.45, 7) is 0.702. The summed E-state index contributed by atoms with van der Waals surface area (Å²) in [6.07, 6.45) is 2.67. The summed E-state index contributed by atoms with van der Waals surface area (Å²) >= 11 is 0. The van der Waals surface area contributed by atoms with Crippen LogP contribution in [0.15, 0.2) is 78.9 Å². The Morgan fingerprint density at radius 2 is 1.61 bits per heavy atom. The van der Waals surface area contributed by atoms with Crippen LogP contribution in [0.5, 0.6) is 11.5 Å². The Morgan fingerprint density at radius 3 is 2.36 bits per heavy atom. The van der Waals surface area contributed by atoms with Crippen molar-refractivity contribution >= 4 is 11.6 Å². The molecule has 142 valence electrons. The van der Waals surface area contributed by atoms with E-state index in [1.165, 1.54) is 0 Å². The highest BCUT2D eigenvalue weighted by Gasteiger charge is 2.22. The van der Waals surface area contributed by atoms with Crippen LogP contribution in [-0.2, 0) is 17.8 Å². The first-order valence-corrected chi connectivity index (χ1v) is 9.69. The highest BCUT2D eigenvalue weighted by molar-refractivity contribution is 5.79. The number of hydrogen-bond donors (Lipinski definition) is 2. The van der Waals surface area contributed by atoms with Crippen molar-refractivity contribution in [3.05, 3.63) is 90.0 Å². The zero-order valence-corrected chi connectivity index (χ0v) is 15.7. The number of carbonyl (C=O) groups is 1. The minimum Gasteiger partial charge on any atom is -0.457 e. The molecule has 4 heteroatoms.